The minimum absolute atomic E-state index is 0.182. The molecule has 1 heterocycles. The number of nitrogens with one attached hydrogen (secondary N) is 1. The average molecular weight is 271 g/mol. The van der Waals surface area contributed by atoms with Gasteiger partial charge >= 0.3 is 0 Å². The van der Waals surface area contributed by atoms with Crippen LogP contribution in [0.3, 0.4) is 0 Å². The average Bonchev–Trinajstić information content (AvgIpc) is 2.37. The van der Waals surface area contributed by atoms with Gasteiger partial charge in [-0.05, 0) is 39.4 Å². The Hall–Kier alpha value is -1.45. The second-order valence-corrected chi connectivity index (χ2v) is 6.41. The third kappa shape index (κ3) is 4.29. The third-order valence-corrected chi connectivity index (χ3v) is 3.31. The summed E-state index contributed by atoms with van der Waals surface area (Å²) in [5, 5.41) is 4.73. The summed E-state index contributed by atoms with van der Waals surface area (Å²) in [5.74, 6) is 0. The molecule has 0 atom stereocenters. The van der Waals surface area contributed by atoms with Crippen LogP contribution >= 0.6 is 0 Å². The van der Waals surface area contributed by atoms with Crippen molar-refractivity contribution in [2.24, 2.45) is 0 Å². The van der Waals surface area contributed by atoms with Gasteiger partial charge in [0.15, 0.2) is 0 Å². The van der Waals surface area contributed by atoms with E-state index in [1.165, 1.54) is 10.9 Å². The maximum absolute atomic E-state index is 4.51. The van der Waals surface area contributed by atoms with E-state index in [1.807, 2.05) is 12.3 Å². The Kier molecular flexibility index (Phi) is 4.73. The Bertz CT molecular complexity index is 552. The summed E-state index contributed by atoms with van der Waals surface area (Å²) in [7, 11) is 2.16. The first-order valence-electron chi connectivity index (χ1n) is 7.22. The van der Waals surface area contributed by atoms with Crippen LogP contribution in [0.15, 0.2) is 36.5 Å². The van der Waals surface area contributed by atoms with Gasteiger partial charge in [-0.1, -0.05) is 24.3 Å². The van der Waals surface area contributed by atoms with Crippen LogP contribution in [0, 0.1) is 0 Å². The number of nitrogens with zero attached hydrogens (tertiary/aromatic N) is 2. The third-order valence-electron chi connectivity index (χ3n) is 3.31. The van der Waals surface area contributed by atoms with E-state index in [9.17, 15) is 0 Å². The molecule has 2 rings (SSSR count). The maximum atomic E-state index is 4.51. The molecule has 0 saturated heterocycles. The van der Waals surface area contributed by atoms with E-state index < -0.39 is 0 Å². The van der Waals surface area contributed by atoms with Gasteiger partial charge in [0.1, 0.15) is 0 Å². The highest BCUT2D eigenvalue weighted by molar-refractivity contribution is 5.81. The topological polar surface area (TPSA) is 28.2 Å². The van der Waals surface area contributed by atoms with Gasteiger partial charge in [0, 0.05) is 36.8 Å². The van der Waals surface area contributed by atoms with E-state index in [2.05, 4.69) is 67.3 Å². The molecule has 20 heavy (non-hydrogen) atoms. The molecule has 3 nitrogen and oxygen atoms in total. The number of fused-ring (bicyclic) bond motifs is 1. The van der Waals surface area contributed by atoms with Gasteiger partial charge in [-0.2, -0.15) is 0 Å². The molecule has 0 fully saturated rings. The first-order chi connectivity index (χ1) is 9.46. The first-order valence-corrected chi connectivity index (χ1v) is 7.22. The van der Waals surface area contributed by atoms with Crippen molar-refractivity contribution in [2.75, 3.05) is 20.1 Å². The summed E-state index contributed by atoms with van der Waals surface area (Å²) in [6.07, 6.45) is 1.87. The van der Waals surface area contributed by atoms with E-state index in [4.69, 9.17) is 0 Å². The molecule has 2 aromatic rings. The van der Waals surface area contributed by atoms with Gasteiger partial charge < -0.3 is 10.2 Å². The molecular formula is C17H25N3. The van der Waals surface area contributed by atoms with E-state index in [1.54, 1.807) is 0 Å². The molecule has 108 valence electrons. The summed E-state index contributed by atoms with van der Waals surface area (Å²) in [4.78, 5) is 6.85. The number of likely N-dealkylation sites (N-methyl/N-ethyl adjacent to an activating group) is 1. The summed E-state index contributed by atoms with van der Waals surface area (Å²) >= 11 is 0. The lowest BCUT2D eigenvalue weighted by Gasteiger charge is -2.23. The lowest BCUT2D eigenvalue weighted by molar-refractivity contribution is 0.304. The second-order valence-electron chi connectivity index (χ2n) is 6.41. The largest absolute Gasteiger partial charge is 0.311 e. The van der Waals surface area contributed by atoms with E-state index in [0.29, 0.717) is 0 Å². The molecule has 0 unspecified atom stereocenters. The van der Waals surface area contributed by atoms with Crippen molar-refractivity contribution >= 4 is 10.9 Å². The monoisotopic (exact) mass is 271 g/mol. The zero-order valence-electron chi connectivity index (χ0n) is 13.0. The molecule has 0 radical (unpaired) electrons. The lowest BCUT2D eigenvalue weighted by Crippen LogP contribution is -2.40. The molecule has 0 bridgehead atoms. The zero-order valence-corrected chi connectivity index (χ0v) is 13.0. The van der Waals surface area contributed by atoms with Crippen LogP contribution in [0.4, 0.5) is 0 Å². The van der Waals surface area contributed by atoms with Crippen molar-refractivity contribution in [1.82, 2.24) is 15.2 Å². The van der Waals surface area contributed by atoms with Crippen LogP contribution in [0.25, 0.3) is 10.9 Å². The van der Waals surface area contributed by atoms with Gasteiger partial charge in [0.05, 0.1) is 5.52 Å². The minimum atomic E-state index is 0.182. The Morgan fingerprint density at radius 1 is 1.15 bits per heavy atom. The maximum Gasteiger partial charge on any atom is 0.0746 e. The minimum Gasteiger partial charge on any atom is -0.311 e. The summed E-state index contributed by atoms with van der Waals surface area (Å²) in [5.41, 5.74) is 2.59. The van der Waals surface area contributed by atoms with Gasteiger partial charge in [0.25, 0.3) is 0 Å². The molecule has 0 saturated carbocycles. The molecule has 3 heteroatoms. The van der Waals surface area contributed by atoms with Crippen LogP contribution in [0.1, 0.15) is 26.3 Å². The van der Waals surface area contributed by atoms with Crippen molar-refractivity contribution in [3.63, 3.8) is 0 Å². The lowest BCUT2D eigenvalue weighted by atomic mass is 10.1. The fourth-order valence-corrected chi connectivity index (χ4v) is 2.29. The highest BCUT2D eigenvalue weighted by Gasteiger charge is 2.09. The first kappa shape index (κ1) is 14.9. The Balaban J connectivity index is 1.98. The molecule has 0 aliphatic carbocycles. The molecule has 0 aliphatic rings. The summed E-state index contributed by atoms with van der Waals surface area (Å²) in [6, 6.07) is 10.5. The summed E-state index contributed by atoms with van der Waals surface area (Å²) < 4.78 is 0. The van der Waals surface area contributed by atoms with Crippen LogP contribution in [-0.4, -0.2) is 35.6 Å². The number of pyridine rings is 1. The Morgan fingerprint density at radius 2 is 1.90 bits per heavy atom. The van der Waals surface area contributed by atoms with Gasteiger partial charge in [-0.25, -0.2) is 0 Å². The molecular weight excluding hydrogens is 246 g/mol. The normalized spacial score (nSPS) is 12.2. The van der Waals surface area contributed by atoms with Gasteiger partial charge in [0.2, 0.25) is 0 Å². The van der Waals surface area contributed by atoms with Crippen molar-refractivity contribution in [1.29, 1.82) is 0 Å². The quantitative estimate of drug-likeness (QED) is 0.906. The molecule has 1 aromatic carbocycles. The number of hydrogen-bond donors (Lipinski definition) is 1. The number of para-hydroxylation sites is 1. The van der Waals surface area contributed by atoms with Crippen molar-refractivity contribution in [3.05, 3.63) is 42.1 Å². The van der Waals surface area contributed by atoms with Crippen molar-refractivity contribution < 1.29 is 0 Å². The number of benzene rings is 1. The van der Waals surface area contributed by atoms with Crippen molar-refractivity contribution in [2.45, 2.75) is 32.9 Å². The van der Waals surface area contributed by atoms with E-state index in [-0.39, 0.29) is 5.54 Å². The SMILES string of the molecule is CN(CCNC(C)(C)C)Cc1cccc2cccnc12. The van der Waals surface area contributed by atoms with E-state index in [0.717, 1.165) is 25.2 Å². The zero-order chi connectivity index (χ0) is 14.6. The molecule has 0 amide bonds. The highest BCUT2D eigenvalue weighted by Crippen LogP contribution is 2.17. The predicted octanol–water partition coefficient (Wildman–Crippen LogP) is 3.05. The summed E-state index contributed by atoms with van der Waals surface area (Å²) in [6.45, 7) is 9.55. The highest BCUT2D eigenvalue weighted by atomic mass is 15.1. The van der Waals surface area contributed by atoms with Gasteiger partial charge in [-0.15, -0.1) is 0 Å². The Morgan fingerprint density at radius 3 is 2.65 bits per heavy atom. The standard InChI is InChI=1S/C17H25N3/c1-17(2,3)19-11-12-20(4)13-15-8-5-7-14-9-6-10-18-16(14)15/h5-10,19H,11-13H2,1-4H3. The Labute approximate surface area is 122 Å². The van der Waals surface area contributed by atoms with Crippen LogP contribution in [0.2, 0.25) is 0 Å². The van der Waals surface area contributed by atoms with Crippen molar-refractivity contribution in [3.8, 4) is 0 Å². The fraction of sp³-hybridized carbons (Fsp3) is 0.471. The van der Waals surface area contributed by atoms with Crippen LogP contribution < -0.4 is 5.32 Å². The molecule has 0 aliphatic heterocycles. The molecule has 1 aromatic heterocycles. The number of hydrogen-bond acceptors (Lipinski definition) is 3. The smallest absolute Gasteiger partial charge is 0.0746 e. The molecule has 1 N–H and O–H groups in total. The van der Waals surface area contributed by atoms with E-state index >= 15 is 0 Å². The second kappa shape index (κ2) is 6.33. The number of aromatic nitrogens is 1. The fourth-order valence-electron chi connectivity index (χ4n) is 2.29. The number of rotatable bonds is 5. The van der Waals surface area contributed by atoms with Crippen LogP contribution in [0.5, 0.6) is 0 Å². The van der Waals surface area contributed by atoms with Crippen LogP contribution in [-0.2, 0) is 6.54 Å². The predicted molar refractivity (Wildman–Crippen MR) is 85.8 cm³/mol. The molecule has 0 spiro atoms. The van der Waals surface area contributed by atoms with Gasteiger partial charge in [-0.3, -0.25) is 4.98 Å².